The number of nitrogens with zero attached hydrogens (tertiary/aromatic N) is 2. The molecule has 1 aliphatic rings. The topological polar surface area (TPSA) is 59.0 Å². The van der Waals surface area contributed by atoms with Crippen molar-refractivity contribution in [1.82, 2.24) is 20.2 Å². The number of halogens is 2. The monoisotopic (exact) mass is 356 g/mol. The van der Waals surface area contributed by atoms with Crippen LogP contribution in [0.4, 0.5) is 0 Å². The van der Waals surface area contributed by atoms with E-state index in [1.807, 2.05) is 22.9 Å². The standard InChI is InChI=1S/C16H20N4O.2ClH/c21-16(14-5-6-17-9-14)19-10-13-3-1-2-4-15(13)11-20-8-7-18-12-20;;/h1-4,7-8,12,14,17H,5-6,9-11H2,(H,19,21);2*1H. The average Bonchev–Trinajstić information content (AvgIpc) is 3.19. The highest BCUT2D eigenvalue weighted by molar-refractivity contribution is 5.85. The summed E-state index contributed by atoms with van der Waals surface area (Å²) in [6, 6.07) is 8.20. The fraction of sp³-hybridized carbons (Fsp3) is 0.375. The molecule has 0 aliphatic carbocycles. The van der Waals surface area contributed by atoms with Gasteiger partial charge in [-0.15, -0.1) is 24.8 Å². The van der Waals surface area contributed by atoms with Crippen molar-refractivity contribution >= 4 is 30.7 Å². The first-order chi connectivity index (χ1) is 10.3. The number of imidazole rings is 1. The number of carbonyl (C=O) groups is 1. The minimum atomic E-state index is 0. The van der Waals surface area contributed by atoms with Gasteiger partial charge in [0.25, 0.3) is 0 Å². The summed E-state index contributed by atoms with van der Waals surface area (Å²) in [6.45, 7) is 3.09. The number of amides is 1. The van der Waals surface area contributed by atoms with Gasteiger partial charge in [0.2, 0.25) is 5.91 Å². The zero-order chi connectivity index (χ0) is 14.5. The van der Waals surface area contributed by atoms with E-state index >= 15 is 0 Å². The lowest BCUT2D eigenvalue weighted by Crippen LogP contribution is -2.31. The van der Waals surface area contributed by atoms with E-state index in [1.54, 1.807) is 12.5 Å². The van der Waals surface area contributed by atoms with Crippen molar-refractivity contribution < 1.29 is 4.79 Å². The van der Waals surface area contributed by atoms with Gasteiger partial charge in [-0.3, -0.25) is 4.79 Å². The second-order valence-corrected chi connectivity index (χ2v) is 5.41. The van der Waals surface area contributed by atoms with E-state index in [2.05, 4.69) is 27.8 Å². The number of nitrogens with one attached hydrogen (secondary N) is 2. The minimum Gasteiger partial charge on any atom is -0.352 e. The molecule has 2 N–H and O–H groups in total. The summed E-state index contributed by atoms with van der Waals surface area (Å²) in [5, 5.41) is 6.28. The summed E-state index contributed by atoms with van der Waals surface area (Å²) in [5.74, 6) is 0.267. The molecule has 2 aromatic rings. The van der Waals surface area contributed by atoms with Crippen molar-refractivity contribution in [2.75, 3.05) is 13.1 Å². The quantitative estimate of drug-likeness (QED) is 0.861. The molecular weight excluding hydrogens is 335 g/mol. The Morgan fingerprint density at radius 3 is 2.74 bits per heavy atom. The first-order valence-corrected chi connectivity index (χ1v) is 7.34. The Morgan fingerprint density at radius 2 is 2.09 bits per heavy atom. The van der Waals surface area contributed by atoms with Gasteiger partial charge in [-0.1, -0.05) is 24.3 Å². The molecule has 126 valence electrons. The highest BCUT2D eigenvalue weighted by Crippen LogP contribution is 2.12. The molecule has 7 heteroatoms. The van der Waals surface area contributed by atoms with Gasteiger partial charge in [0, 0.05) is 32.0 Å². The molecule has 1 aliphatic heterocycles. The van der Waals surface area contributed by atoms with Crippen molar-refractivity contribution in [3.8, 4) is 0 Å². The molecule has 1 amide bonds. The first-order valence-electron chi connectivity index (χ1n) is 7.34. The molecule has 5 nitrogen and oxygen atoms in total. The van der Waals surface area contributed by atoms with Gasteiger partial charge in [-0.05, 0) is 24.1 Å². The molecule has 0 spiro atoms. The molecule has 2 heterocycles. The molecule has 0 bridgehead atoms. The summed E-state index contributed by atoms with van der Waals surface area (Å²) >= 11 is 0. The maximum atomic E-state index is 12.1. The van der Waals surface area contributed by atoms with Crippen molar-refractivity contribution in [2.24, 2.45) is 5.92 Å². The fourth-order valence-corrected chi connectivity index (χ4v) is 2.67. The van der Waals surface area contributed by atoms with Crippen LogP contribution in [0.15, 0.2) is 43.0 Å². The Labute approximate surface area is 148 Å². The molecule has 0 radical (unpaired) electrons. The molecule has 1 fully saturated rings. The zero-order valence-electron chi connectivity index (χ0n) is 12.8. The fourth-order valence-electron chi connectivity index (χ4n) is 2.67. The maximum Gasteiger partial charge on any atom is 0.224 e. The van der Waals surface area contributed by atoms with Gasteiger partial charge in [-0.25, -0.2) is 4.98 Å². The molecular formula is C16H22Cl2N4O. The normalized spacial score (nSPS) is 16.3. The molecule has 1 aromatic carbocycles. The average molecular weight is 357 g/mol. The van der Waals surface area contributed by atoms with Crippen LogP contribution in [0.1, 0.15) is 17.5 Å². The van der Waals surface area contributed by atoms with Crippen LogP contribution in [0, 0.1) is 5.92 Å². The molecule has 1 aromatic heterocycles. The van der Waals surface area contributed by atoms with Crippen LogP contribution in [0.2, 0.25) is 0 Å². The lowest BCUT2D eigenvalue weighted by molar-refractivity contribution is -0.124. The van der Waals surface area contributed by atoms with Gasteiger partial charge < -0.3 is 15.2 Å². The third-order valence-electron chi connectivity index (χ3n) is 3.91. The predicted octanol–water partition coefficient (Wildman–Crippen LogP) is 2.00. The van der Waals surface area contributed by atoms with Gasteiger partial charge in [0.05, 0.1) is 12.2 Å². The number of hydrogen-bond donors (Lipinski definition) is 2. The van der Waals surface area contributed by atoms with Crippen LogP contribution in [-0.2, 0) is 17.9 Å². The van der Waals surface area contributed by atoms with E-state index in [4.69, 9.17) is 0 Å². The van der Waals surface area contributed by atoms with E-state index in [-0.39, 0.29) is 36.6 Å². The first kappa shape index (κ1) is 19.5. The van der Waals surface area contributed by atoms with Crippen molar-refractivity contribution in [2.45, 2.75) is 19.5 Å². The van der Waals surface area contributed by atoms with Crippen LogP contribution in [0.3, 0.4) is 0 Å². The predicted molar refractivity (Wildman–Crippen MR) is 95.1 cm³/mol. The van der Waals surface area contributed by atoms with E-state index < -0.39 is 0 Å². The van der Waals surface area contributed by atoms with E-state index in [9.17, 15) is 4.79 Å². The van der Waals surface area contributed by atoms with Crippen LogP contribution in [0.5, 0.6) is 0 Å². The number of benzene rings is 1. The smallest absolute Gasteiger partial charge is 0.224 e. The van der Waals surface area contributed by atoms with Gasteiger partial charge in [-0.2, -0.15) is 0 Å². The Bertz CT molecular complexity index is 598. The van der Waals surface area contributed by atoms with Crippen LogP contribution >= 0.6 is 24.8 Å². The lowest BCUT2D eigenvalue weighted by atomic mass is 10.1. The zero-order valence-corrected chi connectivity index (χ0v) is 14.4. The number of rotatable bonds is 5. The number of aromatic nitrogens is 2. The lowest BCUT2D eigenvalue weighted by Gasteiger charge is -2.13. The third kappa shape index (κ3) is 5.23. The minimum absolute atomic E-state index is 0. The molecule has 23 heavy (non-hydrogen) atoms. The Hall–Kier alpha value is -1.56. The second-order valence-electron chi connectivity index (χ2n) is 5.41. The molecule has 1 saturated heterocycles. The summed E-state index contributed by atoms with van der Waals surface area (Å²) in [7, 11) is 0. The van der Waals surface area contributed by atoms with Crippen molar-refractivity contribution in [3.05, 3.63) is 54.1 Å². The Morgan fingerprint density at radius 1 is 1.30 bits per heavy atom. The van der Waals surface area contributed by atoms with E-state index in [0.29, 0.717) is 6.54 Å². The SMILES string of the molecule is Cl.Cl.O=C(NCc1ccccc1Cn1ccnc1)C1CCNC1. The summed E-state index contributed by atoms with van der Waals surface area (Å²) in [6.07, 6.45) is 6.46. The largest absolute Gasteiger partial charge is 0.352 e. The highest BCUT2D eigenvalue weighted by atomic mass is 35.5. The molecule has 1 atom stereocenters. The highest BCUT2D eigenvalue weighted by Gasteiger charge is 2.21. The van der Waals surface area contributed by atoms with Crippen LogP contribution in [-0.4, -0.2) is 28.5 Å². The Kier molecular flexibility index (Phi) is 8.09. The maximum absolute atomic E-state index is 12.1. The van der Waals surface area contributed by atoms with E-state index in [1.165, 1.54) is 5.56 Å². The van der Waals surface area contributed by atoms with Crippen molar-refractivity contribution in [1.29, 1.82) is 0 Å². The van der Waals surface area contributed by atoms with Crippen molar-refractivity contribution in [3.63, 3.8) is 0 Å². The summed E-state index contributed by atoms with van der Waals surface area (Å²) in [5.41, 5.74) is 2.37. The summed E-state index contributed by atoms with van der Waals surface area (Å²) in [4.78, 5) is 16.1. The number of hydrogen-bond acceptors (Lipinski definition) is 3. The van der Waals surface area contributed by atoms with Crippen LogP contribution < -0.4 is 10.6 Å². The van der Waals surface area contributed by atoms with E-state index in [0.717, 1.165) is 31.6 Å². The summed E-state index contributed by atoms with van der Waals surface area (Å²) < 4.78 is 2.03. The molecule has 0 saturated carbocycles. The van der Waals surface area contributed by atoms with Gasteiger partial charge in [0.15, 0.2) is 0 Å². The van der Waals surface area contributed by atoms with Gasteiger partial charge >= 0.3 is 0 Å². The Balaban J connectivity index is 0.00000132. The number of carbonyl (C=O) groups excluding carboxylic acids is 1. The second kappa shape index (κ2) is 9.55. The molecule has 3 rings (SSSR count). The third-order valence-corrected chi connectivity index (χ3v) is 3.91. The molecule has 1 unspecified atom stereocenters. The van der Waals surface area contributed by atoms with Crippen LogP contribution in [0.25, 0.3) is 0 Å². The van der Waals surface area contributed by atoms with Gasteiger partial charge in [0.1, 0.15) is 0 Å².